The van der Waals surface area contributed by atoms with Crippen molar-refractivity contribution in [2.24, 2.45) is 11.8 Å². The van der Waals surface area contributed by atoms with E-state index < -0.39 is 17.7 Å². The van der Waals surface area contributed by atoms with Gasteiger partial charge < -0.3 is 13.9 Å². The van der Waals surface area contributed by atoms with Crippen LogP contribution in [0.3, 0.4) is 0 Å². The first-order chi connectivity index (χ1) is 27.4. The minimum atomic E-state index is -1.06. The first kappa shape index (κ1) is 38.6. The number of benzene rings is 2. The fraction of sp³-hybridized carbons (Fsp3) is 0.395. The van der Waals surface area contributed by atoms with Crippen LogP contribution in [0.15, 0.2) is 77.8 Å². The van der Waals surface area contributed by atoms with Crippen LogP contribution in [0, 0.1) is 11.8 Å². The Balaban J connectivity index is 0.745. The van der Waals surface area contributed by atoms with Crippen molar-refractivity contribution in [1.82, 2.24) is 24.9 Å². The lowest BCUT2D eigenvalue weighted by molar-refractivity contribution is -0.137. The lowest BCUT2D eigenvalue weighted by Gasteiger charge is -2.24. The van der Waals surface area contributed by atoms with Gasteiger partial charge in [0.1, 0.15) is 17.9 Å². The van der Waals surface area contributed by atoms with Crippen LogP contribution in [0.5, 0.6) is 0 Å². The maximum Gasteiger partial charge on any atom is 0.230 e. The number of ketones is 3. The van der Waals surface area contributed by atoms with Crippen LogP contribution in [0.1, 0.15) is 99.6 Å². The Morgan fingerprint density at radius 1 is 0.821 bits per heavy atom. The van der Waals surface area contributed by atoms with Crippen LogP contribution in [-0.2, 0) is 38.3 Å². The summed E-state index contributed by atoms with van der Waals surface area (Å²) in [7, 11) is 0. The van der Waals surface area contributed by atoms with Crippen LogP contribution in [0.2, 0.25) is 0 Å². The largest absolute Gasteiger partial charge is 0.469 e. The number of hydrogen-bond donors (Lipinski definition) is 1. The third-order valence-electron chi connectivity index (χ3n) is 10.6. The highest BCUT2D eigenvalue weighted by Gasteiger charge is 2.48. The molecule has 2 amide bonds. The zero-order valence-corrected chi connectivity index (χ0v) is 31.2. The maximum atomic E-state index is 13.3. The average Bonchev–Trinajstić information content (AvgIpc) is 3.97. The van der Waals surface area contributed by atoms with Gasteiger partial charge in [0.15, 0.2) is 23.0 Å². The number of carbonyl (C=O) groups is 5. The molecule has 0 radical (unpaired) electrons. The van der Waals surface area contributed by atoms with Crippen molar-refractivity contribution >= 4 is 34.8 Å². The predicted molar refractivity (Wildman–Crippen MR) is 204 cm³/mol. The second-order valence-electron chi connectivity index (χ2n) is 14.3. The normalized spacial score (nSPS) is 16.8. The fourth-order valence-corrected chi connectivity index (χ4v) is 7.60. The fourth-order valence-electron chi connectivity index (χ4n) is 7.60. The van der Waals surface area contributed by atoms with Crippen molar-refractivity contribution in [3.8, 4) is 11.1 Å². The highest BCUT2D eigenvalue weighted by Crippen LogP contribution is 2.37. The van der Waals surface area contributed by atoms with E-state index in [0.29, 0.717) is 68.8 Å². The van der Waals surface area contributed by atoms with E-state index in [0.717, 1.165) is 66.0 Å². The molecule has 290 valence electrons. The topological polar surface area (TPSA) is 172 Å². The van der Waals surface area contributed by atoms with Crippen LogP contribution in [0.25, 0.3) is 16.8 Å². The second-order valence-corrected chi connectivity index (χ2v) is 14.3. The predicted octanol–water partition coefficient (Wildman–Crippen LogP) is 6.02. The molecule has 1 saturated heterocycles. The highest BCUT2D eigenvalue weighted by atomic mass is 16.5. The molecule has 56 heavy (non-hydrogen) atoms. The zero-order valence-electron chi connectivity index (χ0n) is 31.2. The van der Waals surface area contributed by atoms with Gasteiger partial charge in [0.25, 0.3) is 0 Å². The number of rotatable bonds is 20. The van der Waals surface area contributed by atoms with E-state index in [9.17, 15) is 24.0 Å². The Labute approximate surface area is 324 Å². The first-order valence-corrected chi connectivity index (χ1v) is 19.4. The summed E-state index contributed by atoms with van der Waals surface area (Å²) in [6.07, 6.45) is 12.2. The van der Waals surface area contributed by atoms with Crippen molar-refractivity contribution in [2.45, 2.75) is 70.6 Å². The number of ether oxygens (including phenoxy) is 2. The highest BCUT2D eigenvalue weighted by molar-refractivity contribution is 6.28. The summed E-state index contributed by atoms with van der Waals surface area (Å²) in [6, 6.07) is 16.7. The van der Waals surface area contributed by atoms with Gasteiger partial charge in [-0.25, -0.2) is 4.98 Å². The van der Waals surface area contributed by atoms with Gasteiger partial charge in [-0.15, -0.1) is 10.2 Å². The number of nitrogens with one attached hydrogen (secondary N) is 1. The van der Waals surface area contributed by atoms with Gasteiger partial charge in [0.05, 0.1) is 31.3 Å². The third-order valence-corrected chi connectivity index (χ3v) is 10.6. The molecule has 0 spiro atoms. The van der Waals surface area contributed by atoms with Gasteiger partial charge in [-0.3, -0.25) is 33.7 Å². The molecule has 3 aromatic heterocycles. The van der Waals surface area contributed by atoms with Crippen molar-refractivity contribution < 1.29 is 37.9 Å². The van der Waals surface area contributed by atoms with E-state index in [1.807, 2.05) is 53.1 Å². The quantitative estimate of drug-likeness (QED) is 0.0426. The van der Waals surface area contributed by atoms with Crippen LogP contribution in [0.4, 0.5) is 0 Å². The molecule has 0 saturated carbocycles. The molecule has 1 N–H and O–H groups in total. The summed E-state index contributed by atoms with van der Waals surface area (Å²) in [5, 5.41) is 10.7. The Hall–Kier alpha value is -5.66. The van der Waals surface area contributed by atoms with Crippen molar-refractivity contribution in [3.05, 3.63) is 107 Å². The third kappa shape index (κ3) is 8.90. The first-order valence-electron chi connectivity index (χ1n) is 19.4. The van der Waals surface area contributed by atoms with Gasteiger partial charge in [0, 0.05) is 67.3 Å². The molecule has 13 heteroatoms. The number of Topliss-reactive ketones (excluding diaryl/α,β-unsaturated/α-hetero) is 3. The number of aryl methyl sites for hydroxylation is 3. The lowest BCUT2D eigenvalue weighted by atomic mass is 9.82. The molecule has 2 aliphatic rings. The van der Waals surface area contributed by atoms with Crippen molar-refractivity contribution in [3.63, 3.8) is 0 Å². The van der Waals surface area contributed by atoms with E-state index in [1.54, 1.807) is 24.7 Å². The number of nitrogens with zero attached hydrogens (tertiary/aromatic N) is 4. The van der Waals surface area contributed by atoms with Gasteiger partial charge in [-0.1, -0.05) is 55.3 Å². The summed E-state index contributed by atoms with van der Waals surface area (Å²) >= 11 is 0. The number of furan rings is 1. The second kappa shape index (κ2) is 18.3. The minimum Gasteiger partial charge on any atom is -0.469 e. The molecule has 13 nitrogen and oxygen atoms in total. The Kier molecular flexibility index (Phi) is 12.6. The number of aromatic nitrogens is 4. The van der Waals surface area contributed by atoms with Gasteiger partial charge in [-0.05, 0) is 55.4 Å². The zero-order chi connectivity index (χ0) is 38.9. The molecule has 0 bridgehead atoms. The van der Waals surface area contributed by atoms with E-state index in [-0.39, 0.29) is 36.1 Å². The monoisotopic (exact) mass is 759 g/mol. The number of fused-ring (bicyclic) bond motifs is 2. The molecule has 1 fully saturated rings. The molecule has 1 aliphatic carbocycles. The molecule has 5 aromatic rings. The minimum absolute atomic E-state index is 0.122. The summed E-state index contributed by atoms with van der Waals surface area (Å²) in [5.74, 6) is -1.60. The molecule has 4 heterocycles. The molecule has 2 aromatic carbocycles. The van der Waals surface area contributed by atoms with Crippen molar-refractivity contribution in [1.29, 1.82) is 0 Å². The summed E-state index contributed by atoms with van der Waals surface area (Å²) in [5.41, 5.74) is 4.71. The molecule has 1 aliphatic heterocycles. The number of unbranched alkanes of at least 4 members (excludes halogenated alkanes) is 3. The Bertz CT molecular complexity index is 2190. The van der Waals surface area contributed by atoms with E-state index >= 15 is 0 Å². The molecule has 2 unspecified atom stereocenters. The van der Waals surface area contributed by atoms with Crippen LogP contribution in [-0.4, -0.2) is 75.2 Å². The number of piperidine rings is 1. The van der Waals surface area contributed by atoms with Gasteiger partial charge in [-0.2, -0.15) is 0 Å². The summed E-state index contributed by atoms with van der Waals surface area (Å²) in [6.45, 7) is 2.03. The summed E-state index contributed by atoms with van der Waals surface area (Å²) < 4.78 is 18.8. The van der Waals surface area contributed by atoms with Crippen LogP contribution >= 0.6 is 0 Å². The number of amides is 2. The lowest BCUT2D eigenvalue weighted by Crippen LogP contribution is -2.46. The standard InChI is InChI=1S/C43H45N5O8/c49-35(29-15-13-28(14-16-29)34-26-44-36(48-27-45-47-42(34)48)19-17-31-10-7-23-56-31)12-3-1-2-4-21-54-24-25-55-22-6-9-30-8-5-11-32-38(30)41(52)39(40(32)51)33-18-20-37(50)46-43(33)53/h5,7-8,10-11,13-16,23,26-27,33,39H,1-4,6,9,12,17-22,24-25H2,(H,46,50,53). The number of hydrogen-bond acceptors (Lipinski definition) is 11. The van der Waals surface area contributed by atoms with Crippen LogP contribution < -0.4 is 5.32 Å². The van der Waals surface area contributed by atoms with Gasteiger partial charge in [0.2, 0.25) is 11.8 Å². The molecular weight excluding hydrogens is 714 g/mol. The maximum absolute atomic E-state index is 13.3. The molecule has 7 rings (SSSR count). The smallest absolute Gasteiger partial charge is 0.230 e. The SMILES string of the molecule is O=C1CCC(C2C(=O)c3cccc(CCCOCCOCCCCCCC(=O)c4ccc(-c5cnc(CCc6ccco6)n6cnnc56)cc4)c3C2=O)C(=O)N1. The van der Waals surface area contributed by atoms with Gasteiger partial charge >= 0.3 is 0 Å². The van der Waals surface area contributed by atoms with E-state index in [2.05, 4.69) is 20.5 Å². The molecular formula is C43H45N5O8. The van der Waals surface area contributed by atoms with E-state index in [4.69, 9.17) is 13.9 Å². The Morgan fingerprint density at radius 3 is 2.41 bits per heavy atom. The summed E-state index contributed by atoms with van der Waals surface area (Å²) in [4.78, 5) is 67.9. The van der Waals surface area contributed by atoms with Crippen molar-refractivity contribution in [2.75, 3.05) is 26.4 Å². The Morgan fingerprint density at radius 2 is 1.62 bits per heavy atom. The van der Waals surface area contributed by atoms with E-state index in [1.165, 1.54) is 0 Å². The number of carbonyl (C=O) groups excluding carboxylic acids is 5. The average molecular weight is 760 g/mol. The molecule has 2 atom stereocenters. The number of imide groups is 1.